The van der Waals surface area contributed by atoms with Gasteiger partial charge in [0.05, 0.1) is 0 Å². The van der Waals surface area contributed by atoms with Gasteiger partial charge in [0, 0.05) is 12.2 Å². The Morgan fingerprint density at radius 1 is 1.44 bits per heavy atom. The Morgan fingerprint density at radius 3 is 2.56 bits per heavy atom. The molecule has 0 heterocycles. The van der Waals surface area contributed by atoms with E-state index >= 15 is 0 Å². The molecule has 1 aromatic carbocycles. The second kappa shape index (κ2) is 5.94. The van der Waals surface area contributed by atoms with Gasteiger partial charge in [-0.05, 0) is 24.1 Å². The van der Waals surface area contributed by atoms with E-state index in [1.54, 1.807) is 13.0 Å². The topological polar surface area (TPSA) is 52.9 Å². The predicted molar refractivity (Wildman–Crippen MR) is 62.5 cm³/mol. The fourth-order valence-corrected chi connectivity index (χ4v) is 1.38. The maximum absolute atomic E-state index is 10.9. The van der Waals surface area contributed by atoms with Crippen LogP contribution in [0.2, 0.25) is 0 Å². The molecular weight excluding hydrogens is 224 g/mol. The summed E-state index contributed by atoms with van der Waals surface area (Å²) in [6.45, 7) is 2.21. The maximum atomic E-state index is 10.9. The zero-order valence-corrected chi connectivity index (χ0v) is 9.58. The van der Waals surface area contributed by atoms with Crippen LogP contribution >= 0.6 is 11.6 Å². The smallest absolute Gasteiger partial charge is 0.264 e. The monoisotopic (exact) mass is 234 g/mol. The third-order valence-corrected chi connectivity index (χ3v) is 2.27. The molecule has 0 unspecified atom stereocenters. The summed E-state index contributed by atoms with van der Waals surface area (Å²) in [6.07, 6.45) is 0. The molecule has 0 aliphatic heterocycles. The van der Waals surface area contributed by atoms with E-state index in [9.17, 15) is 4.79 Å². The van der Waals surface area contributed by atoms with Crippen molar-refractivity contribution in [3.05, 3.63) is 47.2 Å². The second-order valence-electron chi connectivity index (χ2n) is 3.22. The Kier molecular flexibility index (Phi) is 4.56. The SMILES string of the molecule is CC(NCc1ccccc1)=C(C#N)C(=O)Cl. The quantitative estimate of drug-likeness (QED) is 0.494. The van der Waals surface area contributed by atoms with Crippen LogP contribution < -0.4 is 5.32 Å². The number of hydrogen-bond acceptors (Lipinski definition) is 3. The Labute approximate surface area is 99.3 Å². The molecule has 0 radical (unpaired) electrons. The minimum atomic E-state index is -0.736. The van der Waals surface area contributed by atoms with Gasteiger partial charge in [-0.2, -0.15) is 5.26 Å². The van der Waals surface area contributed by atoms with Crippen LogP contribution in [0.3, 0.4) is 0 Å². The van der Waals surface area contributed by atoms with Gasteiger partial charge < -0.3 is 5.32 Å². The fraction of sp³-hybridized carbons (Fsp3) is 0.167. The highest BCUT2D eigenvalue weighted by Gasteiger charge is 2.08. The maximum Gasteiger partial charge on any atom is 0.264 e. The van der Waals surface area contributed by atoms with Crippen molar-refractivity contribution >= 4 is 16.8 Å². The molecule has 4 heteroatoms. The average Bonchev–Trinajstić information content (AvgIpc) is 2.28. The van der Waals surface area contributed by atoms with E-state index in [0.29, 0.717) is 12.2 Å². The zero-order valence-electron chi connectivity index (χ0n) is 8.83. The molecule has 1 aromatic rings. The zero-order chi connectivity index (χ0) is 12.0. The first-order valence-electron chi connectivity index (χ1n) is 4.73. The summed E-state index contributed by atoms with van der Waals surface area (Å²) in [4.78, 5) is 10.9. The normalized spacial score (nSPS) is 11.3. The molecule has 16 heavy (non-hydrogen) atoms. The number of carbonyl (C=O) groups excluding carboxylic acids is 1. The highest BCUT2D eigenvalue weighted by molar-refractivity contribution is 6.68. The number of nitriles is 1. The largest absolute Gasteiger partial charge is 0.383 e. The van der Waals surface area contributed by atoms with E-state index < -0.39 is 5.24 Å². The van der Waals surface area contributed by atoms with E-state index in [0.717, 1.165) is 5.56 Å². The summed E-state index contributed by atoms with van der Waals surface area (Å²) in [7, 11) is 0. The van der Waals surface area contributed by atoms with Crippen molar-refractivity contribution in [2.75, 3.05) is 0 Å². The van der Waals surface area contributed by atoms with Crippen molar-refractivity contribution in [3.63, 3.8) is 0 Å². The van der Waals surface area contributed by atoms with Gasteiger partial charge in [0.25, 0.3) is 5.24 Å². The summed E-state index contributed by atoms with van der Waals surface area (Å²) >= 11 is 5.26. The van der Waals surface area contributed by atoms with Gasteiger partial charge in [0.1, 0.15) is 11.6 Å². The molecule has 3 nitrogen and oxygen atoms in total. The highest BCUT2D eigenvalue weighted by Crippen LogP contribution is 2.06. The van der Waals surface area contributed by atoms with Gasteiger partial charge in [0.15, 0.2) is 0 Å². The molecule has 0 bridgehead atoms. The van der Waals surface area contributed by atoms with Crippen molar-refractivity contribution in [3.8, 4) is 6.07 Å². The standard InChI is InChI=1S/C12H11ClN2O/c1-9(11(7-14)12(13)16)15-8-10-5-3-2-4-6-10/h2-6,15H,8H2,1H3. The molecule has 0 spiro atoms. The van der Waals surface area contributed by atoms with E-state index in [1.165, 1.54) is 0 Å². The van der Waals surface area contributed by atoms with Crippen molar-refractivity contribution in [1.29, 1.82) is 5.26 Å². The molecule has 0 saturated heterocycles. The number of hydrogen-bond donors (Lipinski definition) is 1. The van der Waals surface area contributed by atoms with Crippen LogP contribution in [0.4, 0.5) is 0 Å². The summed E-state index contributed by atoms with van der Waals surface area (Å²) in [6, 6.07) is 11.5. The molecule has 0 aliphatic rings. The minimum Gasteiger partial charge on any atom is -0.383 e. The first-order valence-corrected chi connectivity index (χ1v) is 5.11. The number of halogens is 1. The van der Waals surface area contributed by atoms with E-state index in [2.05, 4.69) is 5.32 Å². The van der Waals surface area contributed by atoms with Crippen LogP contribution in [0.25, 0.3) is 0 Å². The lowest BCUT2D eigenvalue weighted by Gasteiger charge is -2.07. The molecule has 0 atom stereocenters. The second-order valence-corrected chi connectivity index (χ2v) is 3.57. The van der Waals surface area contributed by atoms with Gasteiger partial charge in [0.2, 0.25) is 0 Å². The van der Waals surface area contributed by atoms with Crippen molar-refractivity contribution < 1.29 is 4.79 Å². The van der Waals surface area contributed by atoms with Crippen LogP contribution in [-0.2, 0) is 11.3 Å². The molecule has 0 aliphatic carbocycles. The van der Waals surface area contributed by atoms with Gasteiger partial charge >= 0.3 is 0 Å². The third kappa shape index (κ3) is 3.41. The van der Waals surface area contributed by atoms with Gasteiger partial charge in [-0.25, -0.2) is 0 Å². The summed E-state index contributed by atoms with van der Waals surface area (Å²) < 4.78 is 0. The van der Waals surface area contributed by atoms with Crippen molar-refractivity contribution in [2.45, 2.75) is 13.5 Å². The van der Waals surface area contributed by atoms with Crippen LogP contribution in [0.5, 0.6) is 0 Å². The predicted octanol–water partition coefficient (Wildman–Crippen LogP) is 2.34. The van der Waals surface area contributed by atoms with Crippen LogP contribution in [0, 0.1) is 11.3 Å². The summed E-state index contributed by atoms with van der Waals surface area (Å²) in [5, 5.41) is 11.0. The number of nitrogens with zero attached hydrogens (tertiary/aromatic N) is 1. The van der Waals surface area contributed by atoms with E-state index in [1.807, 2.05) is 30.3 Å². The highest BCUT2D eigenvalue weighted by atomic mass is 35.5. The third-order valence-electron chi connectivity index (χ3n) is 2.08. The fourth-order valence-electron chi connectivity index (χ4n) is 1.19. The van der Waals surface area contributed by atoms with Gasteiger partial charge in [-0.15, -0.1) is 0 Å². The molecule has 0 saturated carbocycles. The lowest BCUT2D eigenvalue weighted by molar-refractivity contribution is -0.108. The number of carbonyl (C=O) groups is 1. The molecule has 0 fully saturated rings. The number of rotatable bonds is 4. The Balaban J connectivity index is 2.69. The van der Waals surface area contributed by atoms with Gasteiger partial charge in [-0.3, -0.25) is 4.79 Å². The Morgan fingerprint density at radius 2 is 2.06 bits per heavy atom. The van der Waals surface area contributed by atoms with E-state index in [4.69, 9.17) is 16.9 Å². The molecule has 0 amide bonds. The first-order chi connectivity index (χ1) is 7.65. The molecule has 0 aromatic heterocycles. The average molecular weight is 235 g/mol. The minimum absolute atomic E-state index is 0.0439. The van der Waals surface area contributed by atoms with Crippen molar-refractivity contribution in [2.24, 2.45) is 0 Å². The van der Waals surface area contributed by atoms with Crippen LogP contribution in [0.1, 0.15) is 12.5 Å². The molecule has 82 valence electrons. The molecule has 1 rings (SSSR count). The lowest BCUT2D eigenvalue weighted by atomic mass is 10.2. The number of allylic oxidation sites excluding steroid dienone is 2. The van der Waals surface area contributed by atoms with Crippen molar-refractivity contribution in [1.82, 2.24) is 5.32 Å². The number of nitrogens with one attached hydrogen (secondary N) is 1. The lowest BCUT2D eigenvalue weighted by Crippen LogP contribution is -2.14. The molecule has 1 N–H and O–H groups in total. The molecular formula is C12H11ClN2O. The van der Waals surface area contributed by atoms with Crippen LogP contribution in [-0.4, -0.2) is 5.24 Å². The van der Waals surface area contributed by atoms with E-state index in [-0.39, 0.29) is 5.57 Å². The Bertz CT molecular complexity index is 446. The number of benzene rings is 1. The van der Waals surface area contributed by atoms with Gasteiger partial charge in [-0.1, -0.05) is 30.3 Å². The van der Waals surface area contributed by atoms with Crippen LogP contribution in [0.15, 0.2) is 41.6 Å². The Hall–Kier alpha value is -1.79. The summed E-state index contributed by atoms with van der Waals surface area (Å²) in [5.74, 6) is 0. The summed E-state index contributed by atoms with van der Waals surface area (Å²) in [5.41, 5.74) is 1.52. The first kappa shape index (κ1) is 12.3.